The number of hydrogen-bond donors (Lipinski definition) is 1. The number of benzene rings is 1. The number of piperazine rings is 1. The van der Waals surface area contributed by atoms with Gasteiger partial charge in [-0.05, 0) is 18.2 Å². The molecule has 24 heavy (non-hydrogen) atoms. The van der Waals surface area contributed by atoms with Crippen LogP contribution in [0.4, 0.5) is 0 Å². The van der Waals surface area contributed by atoms with Crippen molar-refractivity contribution in [3.8, 4) is 0 Å². The maximum atomic E-state index is 6.23. The lowest BCUT2D eigenvalue weighted by molar-refractivity contribution is 0.163. The largest absolute Gasteiger partial charge is 0.337 e. The first-order chi connectivity index (χ1) is 11.1. The lowest BCUT2D eigenvalue weighted by Gasteiger charge is -2.35. The summed E-state index contributed by atoms with van der Waals surface area (Å²) in [6.07, 6.45) is 3.87. The molecule has 1 saturated heterocycles. The Labute approximate surface area is 163 Å². The SMILES string of the molecule is Cl.Cn1ccnc1C1CNCCN1CCSc1cc(Cl)ccc1Cl. The molecule has 1 atom stereocenters. The van der Waals surface area contributed by atoms with Gasteiger partial charge in [-0.15, -0.1) is 24.2 Å². The summed E-state index contributed by atoms with van der Waals surface area (Å²) >= 11 is 14.0. The summed E-state index contributed by atoms with van der Waals surface area (Å²) in [5.74, 6) is 2.09. The van der Waals surface area contributed by atoms with Gasteiger partial charge in [0.2, 0.25) is 0 Å². The third-order valence-electron chi connectivity index (χ3n) is 4.04. The van der Waals surface area contributed by atoms with E-state index in [1.807, 2.05) is 30.6 Å². The summed E-state index contributed by atoms with van der Waals surface area (Å²) in [5.41, 5.74) is 0. The van der Waals surface area contributed by atoms with Crippen molar-refractivity contribution in [1.82, 2.24) is 19.8 Å². The van der Waals surface area contributed by atoms with Gasteiger partial charge in [-0.2, -0.15) is 0 Å². The molecule has 1 aliphatic rings. The van der Waals surface area contributed by atoms with Crippen LogP contribution in [-0.4, -0.2) is 46.4 Å². The second-order valence-electron chi connectivity index (χ2n) is 5.58. The molecule has 132 valence electrons. The van der Waals surface area contributed by atoms with Gasteiger partial charge in [-0.1, -0.05) is 23.2 Å². The van der Waals surface area contributed by atoms with E-state index in [0.29, 0.717) is 6.04 Å². The van der Waals surface area contributed by atoms with E-state index in [2.05, 4.69) is 26.8 Å². The van der Waals surface area contributed by atoms with E-state index in [0.717, 1.165) is 52.7 Å². The van der Waals surface area contributed by atoms with Crippen LogP contribution < -0.4 is 5.32 Å². The highest BCUT2D eigenvalue weighted by atomic mass is 35.5. The van der Waals surface area contributed by atoms with Gasteiger partial charge in [0, 0.05) is 61.3 Å². The van der Waals surface area contributed by atoms with E-state index in [1.54, 1.807) is 11.8 Å². The maximum Gasteiger partial charge on any atom is 0.127 e. The van der Waals surface area contributed by atoms with E-state index < -0.39 is 0 Å². The average molecular weight is 408 g/mol. The molecule has 4 nitrogen and oxygen atoms in total. The van der Waals surface area contributed by atoms with Crippen molar-refractivity contribution < 1.29 is 0 Å². The van der Waals surface area contributed by atoms with E-state index >= 15 is 0 Å². The highest BCUT2D eigenvalue weighted by molar-refractivity contribution is 7.99. The molecule has 1 aromatic carbocycles. The van der Waals surface area contributed by atoms with Gasteiger partial charge in [-0.3, -0.25) is 4.90 Å². The Kier molecular flexibility index (Phi) is 7.72. The summed E-state index contributed by atoms with van der Waals surface area (Å²) in [5, 5.41) is 4.96. The Balaban J connectivity index is 0.00000208. The first-order valence-electron chi connectivity index (χ1n) is 7.65. The van der Waals surface area contributed by atoms with Crippen LogP contribution in [-0.2, 0) is 7.05 Å². The summed E-state index contributed by atoms with van der Waals surface area (Å²) in [6.45, 7) is 3.98. The molecule has 1 fully saturated rings. The highest BCUT2D eigenvalue weighted by Crippen LogP contribution is 2.30. The van der Waals surface area contributed by atoms with Gasteiger partial charge in [0.15, 0.2) is 0 Å². The van der Waals surface area contributed by atoms with Crippen molar-refractivity contribution >= 4 is 47.4 Å². The number of imidazole rings is 1. The standard InChI is InChI=1S/C16H20Cl2N4S.ClH/c1-21-6-5-20-16(21)14-11-19-4-7-22(14)8-9-23-15-10-12(17)2-3-13(15)18;/h2-3,5-6,10,14,19H,4,7-9,11H2,1H3;1H. The minimum atomic E-state index is 0. The highest BCUT2D eigenvalue weighted by Gasteiger charge is 2.26. The minimum absolute atomic E-state index is 0. The van der Waals surface area contributed by atoms with Crippen molar-refractivity contribution in [1.29, 1.82) is 0 Å². The van der Waals surface area contributed by atoms with Crippen LogP contribution in [0.2, 0.25) is 10.0 Å². The summed E-state index contributed by atoms with van der Waals surface area (Å²) < 4.78 is 2.10. The third kappa shape index (κ3) is 4.81. The van der Waals surface area contributed by atoms with Crippen LogP contribution in [0.25, 0.3) is 0 Å². The molecule has 8 heteroatoms. The number of nitrogens with one attached hydrogen (secondary N) is 1. The van der Waals surface area contributed by atoms with Crippen LogP contribution in [0, 0.1) is 0 Å². The Morgan fingerprint density at radius 2 is 2.21 bits per heavy atom. The summed E-state index contributed by atoms with van der Waals surface area (Å²) in [6, 6.07) is 5.93. The van der Waals surface area contributed by atoms with Gasteiger partial charge in [0.25, 0.3) is 0 Å². The number of halogens is 3. The molecule has 0 saturated carbocycles. The molecule has 0 amide bonds. The normalized spacial score (nSPS) is 18.4. The van der Waals surface area contributed by atoms with E-state index in [4.69, 9.17) is 23.2 Å². The number of aryl methyl sites for hydroxylation is 1. The van der Waals surface area contributed by atoms with Crippen LogP contribution in [0.5, 0.6) is 0 Å². The van der Waals surface area contributed by atoms with E-state index in [-0.39, 0.29) is 12.4 Å². The van der Waals surface area contributed by atoms with Crippen LogP contribution in [0.1, 0.15) is 11.9 Å². The third-order valence-corrected chi connectivity index (χ3v) is 5.75. The molecular weight excluding hydrogens is 387 g/mol. The summed E-state index contributed by atoms with van der Waals surface area (Å²) in [7, 11) is 2.05. The monoisotopic (exact) mass is 406 g/mol. The first-order valence-corrected chi connectivity index (χ1v) is 9.39. The summed E-state index contributed by atoms with van der Waals surface area (Å²) in [4.78, 5) is 8.05. The zero-order valence-corrected chi connectivity index (χ0v) is 16.6. The Hall–Kier alpha value is -0.430. The molecule has 1 aromatic heterocycles. The number of rotatable bonds is 5. The fraction of sp³-hybridized carbons (Fsp3) is 0.438. The van der Waals surface area contributed by atoms with Gasteiger partial charge in [-0.25, -0.2) is 4.98 Å². The minimum Gasteiger partial charge on any atom is -0.337 e. The van der Waals surface area contributed by atoms with E-state index in [9.17, 15) is 0 Å². The number of nitrogens with zero attached hydrogens (tertiary/aromatic N) is 3. The number of aromatic nitrogens is 2. The molecule has 1 unspecified atom stereocenters. The molecule has 3 rings (SSSR count). The molecule has 2 heterocycles. The second-order valence-corrected chi connectivity index (χ2v) is 7.56. The first kappa shape index (κ1) is 19.9. The predicted octanol–water partition coefficient (Wildman–Crippen LogP) is 3.89. The van der Waals surface area contributed by atoms with Gasteiger partial charge < -0.3 is 9.88 Å². The molecule has 0 aliphatic carbocycles. The molecule has 2 aromatic rings. The van der Waals surface area contributed by atoms with Crippen molar-refractivity contribution in [2.45, 2.75) is 10.9 Å². The van der Waals surface area contributed by atoms with E-state index in [1.165, 1.54) is 0 Å². The van der Waals surface area contributed by atoms with Crippen LogP contribution >= 0.6 is 47.4 Å². The van der Waals surface area contributed by atoms with Crippen molar-refractivity contribution in [3.63, 3.8) is 0 Å². The maximum absolute atomic E-state index is 6.23. The molecule has 0 spiro atoms. The fourth-order valence-electron chi connectivity index (χ4n) is 2.83. The predicted molar refractivity (Wildman–Crippen MR) is 105 cm³/mol. The van der Waals surface area contributed by atoms with Crippen molar-refractivity contribution in [2.75, 3.05) is 31.9 Å². The van der Waals surface area contributed by atoms with Crippen LogP contribution in [0.15, 0.2) is 35.5 Å². The van der Waals surface area contributed by atoms with Crippen molar-refractivity contribution in [2.24, 2.45) is 7.05 Å². The second kappa shape index (κ2) is 9.32. The van der Waals surface area contributed by atoms with Gasteiger partial charge >= 0.3 is 0 Å². The molecule has 1 N–H and O–H groups in total. The Morgan fingerprint density at radius 3 is 2.96 bits per heavy atom. The quantitative estimate of drug-likeness (QED) is 0.762. The number of hydrogen-bond acceptors (Lipinski definition) is 4. The van der Waals surface area contributed by atoms with Crippen molar-refractivity contribution in [3.05, 3.63) is 46.5 Å². The molecule has 1 aliphatic heterocycles. The molecular formula is C16H21Cl3N4S. The Morgan fingerprint density at radius 1 is 1.38 bits per heavy atom. The van der Waals surface area contributed by atoms with Gasteiger partial charge in [0.1, 0.15) is 5.82 Å². The zero-order chi connectivity index (χ0) is 16.2. The zero-order valence-electron chi connectivity index (χ0n) is 13.4. The lowest BCUT2D eigenvalue weighted by Crippen LogP contribution is -2.47. The van der Waals surface area contributed by atoms with Gasteiger partial charge in [0.05, 0.1) is 11.1 Å². The van der Waals surface area contributed by atoms with Crippen LogP contribution in [0.3, 0.4) is 0 Å². The fourth-order valence-corrected chi connectivity index (χ4v) is 4.31. The Bertz CT molecular complexity index is 665. The smallest absolute Gasteiger partial charge is 0.127 e. The lowest BCUT2D eigenvalue weighted by atomic mass is 10.2. The topological polar surface area (TPSA) is 33.1 Å². The average Bonchev–Trinajstić information content (AvgIpc) is 2.97. The molecule has 0 bridgehead atoms. The number of thioether (sulfide) groups is 1. The molecule has 0 radical (unpaired) electrons.